The lowest BCUT2D eigenvalue weighted by atomic mass is 9.98. The molecule has 1 heterocycles. The maximum atomic E-state index is 10.9. The topological polar surface area (TPSA) is 70.0 Å². The summed E-state index contributed by atoms with van der Waals surface area (Å²) in [5.74, 6) is 0.515. The number of aromatic carboxylic acids is 1. The minimum Gasteiger partial charge on any atom is -0.491 e. The molecule has 2 aromatic rings. The fourth-order valence-electron chi connectivity index (χ4n) is 3.45. The van der Waals surface area contributed by atoms with Crippen molar-refractivity contribution < 1.29 is 19.7 Å². The number of carbonyl (C=O) groups is 1. The minimum absolute atomic E-state index is 0.0238. The summed E-state index contributed by atoms with van der Waals surface area (Å²) in [7, 11) is 0. The zero-order valence-corrected chi connectivity index (χ0v) is 14.8. The summed E-state index contributed by atoms with van der Waals surface area (Å²) in [5.41, 5.74) is 2.80. The predicted octanol–water partition coefficient (Wildman–Crippen LogP) is 2.82. The predicted molar refractivity (Wildman–Crippen MR) is 99.5 cm³/mol. The molecule has 1 fully saturated rings. The number of aliphatic hydroxyl groups is 1. The highest BCUT2D eigenvalue weighted by molar-refractivity contribution is 5.87. The summed E-state index contributed by atoms with van der Waals surface area (Å²) in [4.78, 5) is 13.4. The Morgan fingerprint density at radius 3 is 2.42 bits per heavy atom. The quantitative estimate of drug-likeness (QED) is 0.762. The van der Waals surface area contributed by atoms with E-state index < -0.39 is 5.97 Å². The Kier molecular flexibility index (Phi) is 6.26. The molecule has 2 aromatic carbocycles. The molecule has 1 aliphatic heterocycles. The van der Waals surface area contributed by atoms with E-state index in [1.165, 1.54) is 17.5 Å². The van der Waals surface area contributed by atoms with Crippen LogP contribution in [0.2, 0.25) is 0 Å². The van der Waals surface area contributed by atoms with Crippen molar-refractivity contribution in [1.82, 2.24) is 4.90 Å². The van der Waals surface area contributed by atoms with Crippen LogP contribution in [0, 0.1) is 5.92 Å². The van der Waals surface area contributed by atoms with Gasteiger partial charge in [0.05, 0.1) is 12.2 Å². The van der Waals surface area contributed by atoms with Gasteiger partial charge in [0.1, 0.15) is 12.4 Å². The maximum Gasteiger partial charge on any atom is 0.335 e. The number of hydrogen-bond donors (Lipinski definition) is 2. The molecule has 5 heteroatoms. The molecule has 26 heavy (non-hydrogen) atoms. The Labute approximate surface area is 153 Å². The van der Waals surface area contributed by atoms with Gasteiger partial charge in [0.25, 0.3) is 0 Å². The number of aliphatic hydroxyl groups excluding tert-OH is 1. The van der Waals surface area contributed by atoms with Gasteiger partial charge in [0.2, 0.25) is 0 Å². The molecule has 1 unspecified atom stereocenters. The van der Waals surface area contributed by atoms with Crippen LogP contribution in [0.4, 0.5) is 0 Å². The lowest BCUT2D eigenvalue weighted by Crippen LogP contribution is -2.20. The molecule has 0 spiro atoms. The van der Waals surface area contributed by atoms with Gasteiger partial charge in [-0.15, -0.1) is 0 Å². The van der Waals surface area contributed by atoms with Gasteiger partial charge in [0, 0.05) is 13.1 Å². The lowest BCUT2D eigenvalue weighted by molar-refractivity contribution is 0.0697. The van der Waals surface area contributed by atoms with Gasteiger partial charge in [-0.3, -0.25) is 4.90 Å². The van der Waals surface area contributed by atoms with Crippen molar-refractivity contribution in [3.63, 3.8) is 0 Å². The first-order chi connectivity index (χ1) is 12.6. The van der Waals surface area contributed by atoms with Crippen LogP contribution >= 0.6 is 0 Å². The van der Waals surface area contributed by atoms with Gasteiger partial charge < -0.3 is 14.9 Å². The first-order valence-corrected chi connectivity index (χ1v) is 9.01. The molecule has 2 N–H and O–H groups in total. The van der Waals surface area contributed by atoms with Crippen molar-refractivity contribution in [2.75, 3.05) is 26.3 Å². The first kappa shape index (κ1) is 18.4. The van der Waals surface area contributed by atoms with Crippen molar-refractivity contribution in [1.29, 1.82) is 0 Å². The Morgan fingerprint density at radius 2 is 1.77 bits per heavy atom. The molecule has 0 radical (unpaired) electrons. The minimum atomic E-state index is -0.878. The number of carboxylic acids is 1. The van der Waals surface area contributed by atoms with E-state index in [0.29, 0.717) is 18.1 Å². The zero-order valence-electron chi connectivity index (χ0n) is 14.8. The van der Waals surface area contributed by atoms with Crippen LogP contribution in [0.1, 0.15) is 27.9 Å². The van der Waals surface area contributed by atoms with Crippen LogP contribution in [-0.2, 0) is 13.0 Å². The van der Waals surface area contributed by atoms with E-state index in [4.69, 9.17) is 14.9 Å². The number of hydrogen-bond acceptors (Lipinski definition) is 4. The van der Waals surface area contributed by atoms with E-state index in [1.54, 1.807) is 12.1 Å². The maximum absolute atomic E-state index is 10.9. The van der Waals surface area contributed by atoms with Gasteiger partial charge in [-0.1, -0.05) is 24.3 Å². The molecule has 0 aromatic heterocycles. The van der Waals surface area contributed by atoms with Crippen molar-refractivity contribution in [2.45, 2.75) is 19.4 Å². The van der Waals surface area contributed by atoms with Gasteiger partial charge in [-0.2, -0.15) is 0 Å². The van der Waals surface area contributed by atoms with E-state index in [2.05, 4.69) is 17.0 Å². The van der Waals surface area contributed by atoms with E-state index >= 15 is 0 Å². The largest absolute Gasteiger partial charge is 0.491 e. The molecular weight excluding hydrogens is 330 g/mol. The molecule has 1 aliphatic rings. The van der Waals surface area contributed by atoms with Crippen LogP contribution in [0.3, 0.4) is 0 Å². The highest BCUT2D eigenvalue weighted by atomic mass is 16.5. The van der Waals surface area contributed by atoms with Gasteiger partial charge in [0.15, 0.2) is 0 Å². The molecule has 3 rings (SSSR count). The van der Waals surface area contributed by atoms with Crippen LogP contribution < -0.4 is 4.74 Å². The van der Waals surface area contributed by atoms with Crippen LogP contribution in [0.25, 0.3) is 0 Å². The van der Waals surface area contributed by atoms with E-state index in [1.807, 2.05) is 24.3 Å². The molecule has 0 saturated carbocycles. The van der Waals surface area contributed by atoms with Crippen LogP contribution in [-0.4, -0.2) is 47.4 Å². The number of nitrogens with zero attached hydrogens (tertiary/aromatic N) is 1. The summed E-state index contributed by atoms with van der Waals surface area (Å²) in [6, 6.07) is 15.3. The number of ether oxygens (including phenoxy) is 1. The molecule has 0 aliphatic carbocycles. The fraction of sp³-hybridized carbons (Fsp3) is 0.381. The summed E-state index contributed by atoms with van der Waals surface area (Å²) >= 11 is 0. The van der Waals surface area contributed by atoms with Gasteiger partial charge in [-0.05, 0) is 60.7 Å². The van der Waals surface area contributed by atoms with Crippen molar-refractivity contribution in [2.24, 2.45) is 5.92 Å². The first-order valence-electron chi connectivity index (χ1n) is 9.01. The Bertz CT molecular complexity index is 712. The summed E-state index contributed by atoms with van der Waals surface area (Å²) in [6.07, 6.45) is 2.16. The highest BCUT2D eigenvalue weighted by Crippen LogP contribution is 2.23. The number of benzene rings is 2. The molecular formula is C21H25NO4. The standard InChI is InChI=1S/C21H25NO4/c23-11-12-26-20-7-3-17(4-8-20)14-22-10-9-18(15-22)13-16-1-5-19(6-2-16)21(24)25/h1-8,18,23H,9-15H2,(H,24,25). The average molecular weight is 355 g/mol. The number of rotatable bonds is 8. The van der Waals surface area contributed by atoms with Gasteiger partial charge in [-0.25, -0.2) is 4.79 Å². The number of likely N-dealkylation sites (tertiary alicyclic amines) is 1. The zero-order chi connectivity index (χ0) is 18.4. The van der Waals surface area contributed by atoms with Crippen LogP contribution in [0.5, 0.6) is 5.75 Å². The van der Waals surface area contributed by atoms with Crippen LogP contribution in [0.15, 0.2) is 48.5 Å². The normalized spacial score (nSPS) is 17.3. The molecule has 138 valence electrons. The smallest absolute Gasteiger partial charge is 0.335 e. The highest BCUT2D eigenvalue weighted by Gasteiger charge is 2.22. The van der Waals surface area contributed by atoms with Crippen molar-refractivity contribution in [3.8, 4) is 5.75 Å². The second-order valence-corrected chi connectivity index (χ2v) is 6.81. The SMILES string of the molecule is O=C(O)c1ccc(CC2CCN(Cc3ccc(OCCO)cc3)C2)cc1. The average Bonchev–Trinajstić information content (AvgIpc) is 3.08. The molecule has 0 bridgehead atoms. The monoisotopic (exact) mass is 355 g/mol. The Morgan fingerprint density at radius 1 is 1.08 bits per heavy atom. The lowest BCUT2D eigenvalue weighted by Gasteiger charge is -2.16. The summed E-state index contributed by atoms with van der Waals surface area (Å²) in [5, 5.41) is 17.8. The Hall–Kier alpha value is -2.37. The second-order valence-electron chi connectivity index (χ2n) is 6.81. The van der Waals surface area contributed by atoms with E-state index in [-0.39, 0.29) is 6.61 Å². The third kappa shape index (κ3) is 5.07. The number of carboxylic acid groups (broad SMARTS) is 1. The Balaban J connectivity index is 1.48. The van der Waals surface area contributed by atoms with Gasteiger partial charge >= 0.3 is 5.97 Å². The van der Waals surface area contributed by atoms with E-state index in [9.17, 15) is 4.79 Å². The molecule has 0 amide bonds. The third-order valence-electron chi connectivity index (χ3n) is 4.78. The fourth-order valence-corrected chi connectivity index (χ4v) is 3.45. The van der Waals surface area contributed by atoms with Crippen molar-refractivity contribution >= 4 is 5.97 Å². The van der Waals surface area contributed by atoms with Crippen molar-refractivity contribution in [3.05, 3.63) is 65.2 Å². The molecule has 1 saturated heterocycles. The summed E-state index contributed by atoms with van der Waals surface area (Å²) in [6.45, 7) is 3.41. The molecule has 5 nitrogen and oxygen atoms in total. The molecule has 1 atom stereocenters. The third-order valence-corrected chi connectivity index (χ3v) is 4.78. The van der Waals surface area contributed by atoms with E-state index in [0.717, 1.165) is 31.8 Å². The summed E-state index contributed by atoms with van der Waals surface area (Å²) < 4.78 is 5.39. The second kappa shape index (κ2) is 8.83.